The molecule has 1 aromatic rings. The molecule has 0 spiro atoms. The van der Waals surface area contributed by atoms with Gasteiger partial charge in [0, 0.05) is 6.07 Å². The average molecular weight is 443 g/mol. The smallest absolute Gasteiger partial charge is 0.326 e. The fraction of sp³-hybridized carbons (Fsp3) is 0.312. The minimum absolute atomic E-state index is 0.0861. The van der Waals surface area contributed by atoms with Crippen molar-refractivity contribution >= 4 is 56.6 Å². The van der Waals surface area contributed by atoms with Crippen molar-refractivity contribution in [1.82, 2.24) is 4.90 Å². The Balaban J connectivity index is 2.18. The molecule has 26 heavy (non-hydrogen) atoms. The molecule has 8 nitrogen and oxygen atoms in total. The summed E-state index contributed by atoms with van der Waals surface area (Å²) in [5, 5.41) is 10.4. The number of nitro benzene ring substituents is 1. The van der Waals surface area contributed by atoms with Crippen LogP contribution in [0.15, 0.2) is 27.6 Å². The molecule has 0 radical (unpaired) electrons. The first kappa shape index (κ1) is 20.1. The van der Waals surface area contributed by atoms with Gasteiger partial charge in [-0.2, -0.15) is 0 Å². The van der Waals surface area contributed by atoms with Crippen molar-refractivity contribution in [2.24, 2.45) is 0 Å². The molecule has 2 amide bonds. The maximum absolute atomic E-state index is 12.4. The molecule has 2 rings (SSSR count). The third-order valence-corrected chi connectivity index (χ3v) is 5.11. The monoisotopic (exact) mass is 442 g/mol. The predicted molar refractivity (Wildman–Crippen MR) is 99.3 cm³/mol. The highest BCUT2D eigenvalue weighted by molar-refractivity contribution is 9.10. The van der Waals surface area contributed by atoms with Crippen LogP contribution in [0.25, 0.3) is 6.08 Å². The van der Waals surface area contributed by atoms with Crippen LogP contribution in [-0.4, -0.2) is 39.6 Å². The number of carbonyl (C=O) groups excluding carboxylic acids is 3. The zero-order valence-electron chi connectivity index (χ0n) is 13.9. The Morgan fingerprint density at radius 3 is 2.77 bits per heavy atom. The van der Waals surface area contributed by atoms with Crippen LogP contribution in [0.1, 0.15) is 25.8 Å². The van der Waals surface area contributed by atoms with Crippen LogP contribution in [0.4, 0.5) is 10.5 Å². The molecule has 0 bridgehead atoms. The number of esters is 1. The summed E-state index contributed by atoms with van der Waals surface area (Å²) in [6.07, 6.45) is 1.70. The summed E-state index contributed by atoms with van der Waals surface area (Å²) in [6.45, 7) is 3.09. The van der Waals surface area contributed by atoms with Crippen molar-refractivity contribution in [3.8, 4) is 0 Å². The van der Waals surface area contributed by atoms with Crippen molar-refractivity contribution in [2.75, 3.05) is 6.54 Å². The van der Waals surface area contributed by atoms with Crippen molar-refractivity contribution in [3.05, 3.63) is 43.3 Å². The second-order valence-electron chi connectivity index (χ2n) is 5.44. The van der Waals surface area contributed by atoms with E-state index in [0.29, 0.717) is 28.2 Å². The molecule has 1 atom stereocenters. The molecular formula is C16H15BrN2O6S. The van der Waals surface area contributed by atoms with Gasteiger partial charge in [0.15, 0.2) is 0 Å². The fourth-order valence-electron chi connectivity index (χ4n) is 2.02. The third-order valence-electron chi connectivity index (χ3n) is 3.53. The largest absolute Gasteiger partial charge is 0.461 e. The van der Waals surface area contributed by atoms with E-state index in [0.717, 1.165) is 4.90 Å². The van der Waals surface area contributed by atoms with Gasteiger partial charge >= 0.3 is 5.97 Å². The molecule has 1 aliphatic rings. The molecule has 0 unspecified atom stereocenters. The topological polar surface area (TPSA) is 107 Å². The number of thioether (sulfide) groups is 1. The van der Waals surface area contributed by atoms with Crippen LogP contribution in [0.2, 0.25) is 0 Å². The first-order valence-electron chi connectivity index (χ1n) is 7.61. The molecular weight excluding hydrogens is 428 g/mol. The van der Waals surface area contributed by atoms with Gasteiger partial charge in [-0.05, 0) is 58.7 Å². The lowest BCUT2D eigenvalue weighted by atomic mass is 10.2. The first-order chi connectivity index (χ1) is 12.2. The lowest BCUT2D eigenvalue weighted by Gasteiger charge is -2.14. The Labute approximate surface area is 161 Å². The first-order valence-corrected chi connectivity index (χ1v) is 9.22. The van der Waals surface area contributed by atoms with Gasteiger partial charge in [0.2, 0.25) is 0 Å². The van der Waals surface area contributed by atoms with Crippen LogP contribution >= 0.6 is 27.7 Å². The van der Waals surface area contributed by atoms with Gasteiger partial charge < -0.3 is 4.74 Å². The Morgan fingerprint density at radius 1 is 1.46 bits per heavy atom. The molecule has 138 valence electrons. The number of hydrogen-bond acceptors (Lipinski definition) is 7. The van der Waals surface area contributed by atoms with Gasteiger partial charge in [-0.15, -0.1) is 0 Å². The van der Waals surface area contributed by atoms with Crippen LogP contribution in [0, 0.1) is 10.1 Å². The summed E-state index contributed by atoms with van der Waals surface area (Å²) in [5.74, 6) is -1.30. The number of imide groups is 1. The van der Waals surface area contributed by atoms with E-state index in [1.807, 2.05) is 6.92 Å². The summed E-state index contributed by atoms with van der Waals surface area (Å²) in [6, 6.07) is 4.34. The third kappa shape index (κ3) is 4.70. The maximum atomic E-state index is 12.4. The number of carbonyl (C=O) groups is 3. The molecule has 0 aromatic heterocycles. The summed E-state index contributed by atoms with van der Waals surface area (Å²) in [7, 11) is 0. The molecule has 1 saturated heterocycles. The minimum Gasteiger partial charge on any atom is -0.461 e. The number of halogens is 1. The number of ether oxygens (including phenoxy) is 1. The molecule has 0 saturated carbocycles. The molecule has 10 heteroatoms. The molecule has 1 heterocycles. The van der Waals surface area contributed by atoms with Crippen LogP contribution in [-0.2, 0) is 14.3 Å². The standard InChI is InChI=1S/C16H15BrN2O6S/c1-3-9(2)25-14(20)8-18-15(21)13(26-16(18)22)7-10-4-5-11(17)12(6-10)19(23)24/h4-7,9H,3,8H2,1-2H3/b13-7-/t9-/m1/s1. The summed E-state index contributed by atoms with van der Waals surface area (Å²) >= 11 is 3.75. The van der Waals surface area contributed by atoms with E-state index in [9.17, 15) is 24.5 Å². The van der Waals surface area contributed by atoms with E-state index >= 15 is 0 Å². The van der Waals surface area contributed by atoms with Crippen molar-refractivity contribution in [3.63, 3.8) is 0 Å². The summed E-state index contributed by atoms with van der Waals surface area (Å²) in [5.41, 5.74) is 0.239. The number of rotatable bonds is 6. The van der Waals surface area contributed by atoms with E-state index in [1.165, 1.54) is 18.2 Å². The number of nitrogens with zero attached hydrogens (tertiary/aromatic N) is 2. The highest BCUT2D eigenvalue weighted by Gasteiger charge is 2.37. The Kier molecular flexibility index (Phi) is 6.54. The van der Waals surface area contributed by atoms with Gasteiger partial charge in [-0.25, -0.2) is 0 Å². The highest BCUT2D eigenvalue weighted by atomic mass is 79.9. The average Bonchev–Trinajstić information content (AvgIpc) is 2.83. The SMILES string of the molecule is CC[C@@H](C)OC(=O)CN1C(=O)S/C(=C\c2ccc(Br)c([N+](=O)[O-])c2)C1=O. The summed E-state index contributed by atoms with van der Waals surface area (Å²) in [4.78, 5) is 47.5. The Bertz CT molecular complexity index is 810. The Morgan fingerprint density at radius 2 is 2.15 bits per heavy atom. The quantitative estimate of drug-likeness (QED) is 0.285. The van der Waals surface area contributed by atoms with Gasteiger partial charge in [0.05, 0.1) is 20.4 Å². The zero-order valence-corrected chi connectivity index (χ0v) is 16.3. The molecule has 0 aliphatic carbocycles. The lowest BCUT2D eigenvalue weighted by molar-refractivity contribution is -0.385. The van der Waals surface area contributed by atoms with E-state index in [4.69, 9.17) is 4.74 Å². The number of nitro groups is 1. The number of amides is 2. The van der Waals surface area contributed by atoms with Crippen molar-refractivity contribution in [1.29, 1.82) is 0 Å². The van der Waals surface area contributed by atoms with E-state index in [-0.39, 0.29) is 16.7 Å². The highest BCUT2D eigenvalue weighted by Crippen LogP contribution is 2.33. The fourth-order valence-corrected chi connectivity index (χ4v) is 3.25. The van der Waals surface area contributed by atoms with Gasteiger partial charge in [-0.1, -0.05) is 13.0 Å². The summed E-state index contributed by atoms with van der Waals surface area (Å²) < 4.78 is 5.38. The van der Waals surface area contributed by atoms with Crippen LogP contribution in [0.5, 0.6) is 0 Å². The molecule has 0 N–H and O–H groups in total. The van der Waals surface area contributed by atoms with Crippen LogP contribution in [0.3, 0.4) is 0 Å². The van der Waals surface area contributed by atoms with Crippen molar-refractivity contribution < 1.29 is 24.0 Å². The maximum Gasteiger partial charge on any atom is 0.326 e. The van der Waals surface area contributed by atoms with Crippen molar-refractivity contribution in [2.45, 2.75) is 26.4 Å². The van der Waals surface area contributed by atoms with Crippen LogP contribution < -0.4 is 0 Å². The van der Waals surface area contributed by atoms with E-state index in [2.05, 4.69) is 15.9 Å². The number of benzene rings is 1. The second-order valence-corrected chi connectivity index (χ2v) is 7.29. The molecule has 1 fully saturated rings. The molecule has 1 aromatic carbocycles. The van der Waals surface area contributed by atoms with Gasteiger partial charge in [-0.3, -0.25) is 29.4 Å². The van der Waals surface area contributed by atoms with E-state index in [1.54, 1.807) is 13.0 Å². The lowest BCUT2D eigenvalue weighted by Crippen LogP contribution is -2.35. The number of hydrogen-bond donors (Lipinski definition) is 0. The molecule has 1 aliphatic heterocycles. The normalized spacial score (nSPS) is 16.9. The predicted octanol–water partition coefficient (Wildman–Crippen LogP) is 3.74. The zero-order chi connectivity index (χ0) is 19.4. The Hall–Kier alpha value is -2.20. The van der Waals surface area contributed by atoms with Gasteiger partial charge in [0.25, 0.3) is 16.8 Å². The van der Waals surface area contributed by atoms with Gasteiger partial charge in [0.1, 0.15) is 6.54 Å². The minimum atomic E-state index is -0.665. The second kappa shape index (κ2) is 8.45. The van der Waals surface area contributed by atoms with E-state index < -0.39 is 28.6 Å².